The summed E-state index contributed by atoms with van der Waals surface area (Å²) in [4.78, 5) is 21.6. The number of ether oxygens (including phenoxy) is 1. The summed E-state index contributed by atoms with van der Waals surface area (Å²) < 4.78 is 5.59. The number of aromatic nitrogens is 2. The zero-order valence-electron chi connectivity index (χ0n) is 11.6. The summed E-state index contributed by atoms with van der Waals surface area (Å²) in [5, 5.41) is 13.9. The average Bonchev–Trinajstić information content (AvgIpc) is 2.54. The van der Waals surface area contributed by atoms with Gasteiger partial charge >= 0.3 is 5.97 Å². The molecule has 0 saturated carbocycles. The molecule has 0 amide bonds. The molecule has 1 aromatic heterocycles. The molecule has 0 fully saturated rings. The van der Waals surface area contributed by atoms with E-state index in [1.54, 1.807) is 36.4 Å². The Balaban J connectivity index is 1.97. The third kappa shape index (κ3) is 3.02. The number of rotatable bonds is 4. The molecule has 0 radical (unpaired) electrons. The first kappa shape index (κ1) is 14.3. The van der Waals surface area contributed by atoms with Gasteiger partial charge in [-0.2, -0.15) is 0 Å². The lowest BCUT2D eigenvalue weighted by Crippen LogP contribution is -1.97. The summed E-state index contributed by atoms with van der Waals surface area (Å²) in [6.07, 6.45) is 1.23. The van der Waals surface area contributed by atoms with E-state index in [-0.39, 0.29) is 17.3 Å². The van der Waals surface area contributed by atoms with Gasteiger partial charge in [-0.25, -0.2) is 14.8 Å². The molecule has 1 N–H and O–H groups in total. The van der Waals surface area contributed by atoms with Gasteiger partial charge in [-0.05, 0) is 45.7 Å². The second kappa shape index (κ2) is 6.00. The van der Waals surface area contributed by atoms with Crippen molar-refractivity contribution < 1.29 is 14.6 Å². The molecule has 0 spiro atoms. The van der Waals surface area contributed by atoms with Gasteiger partial charge in [-0.3, -0.25) is 0 Å². The molecule has 0 aliphatic heterocycles. The van der Waals surface area contributed by atoms with Crippen LogP contribution >= 0.6 is 0 Å². The molecular formula is C15H9N5O3. The number of carbonyl (C=O) groups is 1. The quantitative estimate of drug-likeness (QED) is 0.442. The summed E-state index contributed by atoms with van der Waals surface area (Å²) >= 11 is 0. The Morgan fingerprint density at radius 3 is 2.87 bits per heavy atom. The number of hydrogen-bond acceptors (Lipinski definition) is 5. The normalized spacial score (nSPS) is 10.1. The Kier molecular flexibility index (Phi) is 3.73. The molecule has 8 heteroatoms. The van der Waals surface area contributed by atoms with Gasteiger partial charge in [-0.15, -0.1) is 0 Å². The minimum absolute atomic E-state index is 0.145. The summed E-state index contributed by atoms with van der Waals surface area (Å²) in [7, 11) is 0. The van der Waals surface area contributed by atoms with Crippen molar-refractivity contribution in [1.29, 1.82) is 0 Å². The van der Waals surface area contributed by atoms with Crippen LogP contribution in [0, 0.1) is 0 Å². The number of azide groups is 1. The van der Waals surface area contributed by atoms with Crippen LogP contribution in [0.1, 0.15) is 10.4 Å². The van der Waals surface area contributed by atoms with Gasteiger partial charge in [0.05, 0.1) is 5.56 Å². The van der Waals surface area contributed by atoms with Crippen LogP contribution in [0.25, 0.3) is 21.2 Å². The van der Waals surface area contributed by atoms with Crippen LogP contribution in [0.5, 0.6) is 11.6 Å². The van der Waals surface area contributed by atoms with Crippen molar-refractivity contribution in [1.82, 2.24) is 9.97 Å². The first-order chi connectivity index (χ1) is 11.2. The van der Waals surface area contributed by atoms with Gasteiger partial charge in [0.1, 0.15) is 17.9 Å². The van der Waals surface area contributed by atoms with E-state index in [0.717, 1.165) is 5.39 Å². The third-order valence-electron chi connectivity index (χ3n) is 3.08. The minimum Gasteiger partial charge on any atom is -0.478 e. The molecule has 23 heavy (non-hydrogen) atoms. The topological polar surface area (TPSA) is 121 Å². The molecule has 1 heterocycles. The molecule has 8 nitrogen and oxygen atoms in total. The molecule has 112 valence electrons. The number of aromatic carboxylic acids is 1. The summed E-state index contributed by atoms with van der Waals surface area (Å²) in [5.74, 6) is -0.146. The van der Waals surface area contributed by atoms with E-state index in [4.69, 9.17) is 10.3 Å². The first-order valence-electron chi connectivity index (χ1n) is 6.48. The summed E-state index contributed by atoms with van der Waals surface area (Å²) in [5.41, 5.74) is 8.62. The van der Waals surface area contributed by atoms with Gasteiger partial charge in [0.25, 0.3) is 0 Å². The predicted octanol–water partition coefficient (Wildman–Crippen LogP) is 4.06. The van der Waals surface area contributed by atoms with Crippen molar-refractivity contribution in [3.63, 3.8) is 0 Å². The van der Waals surface area contributed by atoms with Gasteiger partial charge in [0.15, 0.2) is 0 Å². The Morgan fingerprint density at radius 1 is 1.22 bits per heavy atom. The van der Waals surface area contributed by atoms with Crippen molar-refractivity contribution in [3.05, 3.63) is 64.8 Å². The fraction of sp³-hybridized carbons (Fsp3) is 0. The molecule has 0 atom stereocenters. The number of carboxylic acid groups (broad SMARTS) is 1. The van der Waals surface area contributed by atoms with Crippen LogP contribution in [0.3, 0.4) is 0 Å². The largest absolute Gasteiger partial charge is 0.478 e. The predicted molar refractivity (Wildman–Crippen MR) is 81.8 cm³/mol. The number of nitrogens with zero attached hydrogens (tertiary/aromatic N) is 5. The molecule has 0 bridgehead atoms. The minimum atomic E-state index is -0.987. The summed E-state index contributed by atoms with van der Waals surface area (Å²) in [6, 6.07) is 11.4. The lowest BCUT2D eigenvalue weighted by Gasteiger charge is -2.07. The SMILES string of the molecule is [N-]=[N+]=Nc1cc(Oc2ccc3c(C(=O)O)cccc3c2)ncn1. The van der Waals surface area contributed by atoms with E-state index in [0.29, 0.717) is 11.1 Å². The van der Waals surface area contributed by atoms with Crippen molar-refractivity contribution in [2.75, 3.05) is 0 Å². The zero-order chi connectivity index (χ0) is 16.2. The van der Waals surface area contributed by atoms with Gasteiger partial charge in [-0.1, -0.05) is 12.1 Å². The van der Waals surface area contributed by atoms with Crippen LogP contribution in [0.4, 0.5) is 5.82 Å². The van der Waals surface area contributed by atoms with E-state index in [9.17, 15) is 9.90 Å². The van der Waals surface area contributed by atoms with Crippen molar-refractivity contribution in [2.45, 2.75) is 0 Å². The van der Waals surface area contributed by atoms with E-state index in [2.05, 4.69) is 20.0 Å². The molecular weight excluding hydrogens is 298 g/mol. The highest BCUT2D eigenvalue weighted by Crippen LogP contribution is 2.27. The lowest BCUT2D eigenvalue weighted by molar-refractivity contribution is 0.0699. The maximum atomic E-state index is 11.2. The molecule has 3 aromatic rings. The average molecular weight is 307 g/mol. The third-order valence-corrected chi connectivity index (χ3v) is 3.08. The number of hydrogen-bond donors (Lipinski definition) is 1. The first-order valence-corrected chi connectivity index (χ1v) is 6.48. The van der Waals surface area contributed by atoms with Crippen LogP contribution < -0.4 is 4.74 Å². The highest BCUT2D eigenvalue weighted by Gasteiger charge is 2.09. The Bertz CT molecular complexity index is 951. The van der Waals surface area contributed by atoms with Crippen molar-refractivity contribution in [2.24, 2.45) is 5.11 Å². The molecule has 2 aromatic carbocycles. The zero-order valence-corrected chi connectivity index (χ0v) is 11.6. The van der Waals surface area contributed by atoms with E-state index >= 15 is 0 Å². The highest BCUT2D eigenvalue weighted by molar-refractivity contribution is 6.03. The van der Waals surface area contributed by atoms with Gasteiger partial charge < -0.3 is 9.84 Å². The molecule has 0 aliphatic rings. The molecule has 0 aliphatic carbocycles. The van der Waals surface area contributed by atoms with Crippen LogP contribution in [0.15, 0.2) is 53.9 Å². The Morgan fingerprint density at radius 2 is 2.09 bits per heavy atom. The van der Waals surface area contributed by atoms with Crippen molar-refractivity contribution in [3.8, 4) is 11.6 Å². The fourth-order valence-electron chi connectivity index (χ4n) is 2.12. The van der Waals surface area contributed by atoms with Gasteiger partial charge in [0.2, 0.25) is 5.88 Å². The molecule has 0 saturated heterocycles. The van der Waals surface area contributed by atoms with Crippen molar-refractivity contribution >= 4 is 22.6 Å². The van der Waals surface area contributed by atoms with E-state index in [1.807, 2.05) is 0 Å². The highest BCUT2D eigenvalue weighted by atomic mass is 16.5. The maximum absolute atomic E-state index is 11.2. The number of benzene rings is 2. The molecule has 0 unspecified atom stereocenters. The number of carboxylic acids is 1. The Hall–Kier alpha value is -3.64. The standard InChI is InChI=1S/C15H9N5O3/c16-20-19-13-7-14(18-8-17-13)23-10-4-5-11-9(6-10)2-1-3-12(11)15(21)22/h1-8H,(H,21,22). The smallest absolute Gasteiger partial charge is 0.336 e. The monoisotopic (exact) mass is 307 g/mol. The maximum Gasteiger partial charge on any atom is 0.336 e. The van der Waals surface area contributed by atoms with Gasteiger partial charge in [0, 0.05) is 11.0 Å². The second-order valence-electron chi connectivity index (χ2n) is 4.50. The second-order valence-corrected chi connectivity index (χ2v) is 4.50. The lowest BCUT2D eigenvalue weighted by atomic mass is 10.0. The fourth-order valence-corrected chi connectivity index (χ4v) is 2.12. The van der Waals surface area contributed by atoms with E-state index in [1.165, 1.54) is 12.4 Å². The number of fused-ring (bicyclic) bond motifs is 1. The summed E-state index contributed by atoms with van der Waals surface area (Å²) in [6.45, 7) is 0. The van der Waals surface area contributed by atoms with E-state index < -0.39 is 5.97 Å². The van der Waals surface area contributed by atoms with Crippen LogP contribution in [-0.2, 0) is 0 Å². The Labute approximate surface area is 129 Å². The molecule has 3 rings (SSSR count). The van der Waals surface area contributed by atoms with Crippen LogP contribution in [0.2, 0.25) is 0 Å². The van der Waals surface area contributed by atoms with Crippen LogP contribution in [-0.4, -0.2) is 21.0 Å².